The third-order valence-electron chi connectivity index (χ3n) is 8.70. The van der Waals surface area contributed by atoms with Crippen molar-refractivity contribution in [1.29, 1.82) is 0 Å². The molecule has 0 amide bonds. The Bertz CT molecular complexity index is 596. The summed E-state index contributed by atoms with van der Waals surface area (Å²) in [5, 5.41) is 9.14. The number of unbranched alkanes of at least 4 members (excludes halogenated alkanes) is 15. The van der Waals surface area contributed by atoms with Crippen LogP contribution in [0.15, 0.2) is 6.20 Å². The molecule has 1 rings (SSSR count). The second-order valence-corrected chi connectivity index (χ2v) is 12.5. The standard InChI is InChI=1S/C35H69N3/c1-5-9-13-17-21-26-33(25-19-15-11-7-3)27-23-24-30-38-32-35(36-37-38)31-34(28-20-16-12-8-4)29-22-18-14-10-6-2/h32-34H,5-31H2,1-4H3. The lowest BCUT2D eigenvalue weighted by atomic mass is 9.90. The quantitative estimate of drug-likeness (QED) is 0.0962. The highest BCUT2D eigenvalue weighted by atomic mass is 15.4. The Hall–Kier alpha value is -0.860. The van der Waals surface area contributed by atoms with Crippen molar-refractivity contribution in [1.82, 2.24) is 15.0 Å². The van der Waals surface area contributed by atoms with Gasteiger partial charge in [0.25, 0.3) is 0 Å². The molecule has 38 heavy (non-hydrogen) atoms. The van der Waals surface area contributed by atoms with Crippen LogP contribution in [0.2, 0.25) is 0 Å². The highest BCUT2D eigenvalue weighted by molar-refractivity contribution is 4.94. The Morgan fingerprint density at radius 2 is 0.895 bits per heavy atom. The average molecular weight is 532 g/mol. The van der Waals surface area contributed by atoms with Gasteiger partial charge in [0.15, 0.2) is 0 Å². The van der Waals surface area contributed by atoms with E-state index in [1.54, 1.807) is 0 Å². The maximum Gasteiger partial charge on any atom is 0.0829 e. The van der Waals surface area contributed by atoms with Gasteiger partial charge in [0.2, 0.25) is 0 Å². The van der Waals surface area contributed by atoms with Gasteiger partial charge in [0, 0.05) is 12.7 Å². The van der Waals surface area contributed by atoms with Gasteiger partial charge >= 0.3 is 0 Å². The van der Waals surface area contributed by atoms with Gasteiger partial charge < -0.3 is 0 Å². The van der Waals surface area contributed by atoms with Crippen molar-refractivity contribution in [3.8, 4) is 0 Å². The number of rotatable bonds is 29. The normalized spacial score (nSPS) is 13.3. The number of aryl methyl sites for hydroxylation is 1. The van der Waals surface area contributed by atoms with Crippen molar-refractivity contribution in [3.05, 3.63) is 11.9 Å². The van der Waals surface area contributed by atoms with Crippen LogP contribution in [-0.2, 0) is 13.0 Å². The maximum atomic E-state index is 4.61. The zero-order chi connectivity index (χ0) is 27.5. The van der Waals surface area contributed by atoms with Gasteiger partial charge in [-0.1, -0.05) is 187 Å². The van der Waals surface area contributed by atoms with E-state index in [0.717, 1.165) is 24.8 Å². The molecule has 0 fully saturated rings. The van der Waals surface area contributed by atoms with Gasteiger partial charge in [-0.15, -0.1) is 5.10 Å². The fraction of sp³-hybridized carbons (Fsp3) is 0.943. The van der Waals surface area contributed by atoms with Crippen LogP contribution in [-0.4, -0.2) is 15.0 Å². The van der Waals surface area contributed by atoms with Crippen LogP contribution in [0.3, 0.4) is 0 Å². The Morgan fingerprint density at radius 3 is 1.37 bits per heavy atom. The summed E-state index contributed by atoms with van der Waals surface area (Å²) in [4.78, 5) is 0. The zero-order valence-corrected chi connectivity index (χ0v) is 26.7. The van der Waals surface area contributed by atoms with Crippen molar-refractivity contribution in [2.45, 2.75) is 201 Å². The molecule has 0 aromatic carbocycles. The van der Waals surface area contributed by atoms with Crippen molar-refractivity contribution in [2.24, 2.45) is 11.8 Å². The van der Waals surface area contributed by atoms with E-state index < -0.39 is 0 Å². The fourth-order valence-electron chi connectivity index (χ4n) is 6.12. The number of hydrogen-bond acceptors (Lipinski definition) is 2. The molecule has 224 valence electrons. The molecule has 1 aromatic heterocycles. The second kappa shape index (κ2) is 26.4. The van der Waals surface area contributed by atoms with E-state index in [-0.39, 0.29) is 0 Å². The Balaban J connectivity index is 2.40. The summed E-state index contributed by atoms with van der Waals surface area (Å²) in [6.45, 7) is 10.3. The number of nitrogens with zero attached hydrogens (tertiary/aromatic N) is 3. The first-order chi connectivity index (χ1) is 18.7. The first-order valence-corrected chi connectivity index (χ1v) is 17.6. The van der Waals surface area contributed by atoms with E-state index in [0.29, 0.717) is 0 Å². The molecule has 0 N–H and O–H groups in total. The number of hydrogen-bond donors (Lipinski definition) is 0. The highest BCUT2D eigenvalue weighted by Crippen LogP contribution is 2.25. The molecule has 2 unspecified atom stereocenters. The van der Waals surface area contributed by atoms with E-state index >= 15 is 0 Å². The van der Waals surface area contributed by atoms with Crippen LogP contribution in [0, 0.1) is 11.8 Å². The van der Waals surface area contributed by atoms with Crippen molar-refractivity contribution in [2.75, 3.05) is 0 Å². The molecular formula is C35H69N3. The predicted octanol–water partition coefficient (Wildman–Crippen LogP) is 11.9. The van der Waals surface area contributed by atoms with E-state index in [2.05, 4.69) is 48.9 Å². The Morgan fingerprint density at radius 1 is 0.500 bits per heavy atom. The Labute approximate surface area is 239 Å². The summed E-state index contributed by atoms with van der Waals surface area (Å²) in [5.41, 5.74) is 1.24. The topological polar surface area (TPSA) is 30.7 Å². The van der Waals surface area contributed by atoms with Crippen LogP contribution in [0.4, 0.5) is 0 Å². The minimum Gasteiger partial charge on any atom is -0.252 e. The lowest BCUT2D eigenvalue weighted by Crippen LogP contribution is -2.06. The van der Waals surface area contributed by atoms with Crippen molar-refractivity contribution < 1.29 is 0 Å². The first-order valence-electron chi connectivity index (χ1n) is 17.6. The minimum absolute atomic E-state index is 0.796. The summed E-state index contributed by atoms with van der Waals surface area (Å²) >= 11 is 0. The third-order valence-corrected chi connectivity index (χ3v) is 8.70. The minimum atomic E-state index is 0.796. The first kappa shape index (κ1) is 35.2. The SMILES string of the molecule is CCCCCCCC(CCCCCC)CCCCn1cc(CC(CCCCCC)CCCCCCC)nn1. The molecule has 0 saturated heterocycles. The molecule has 3 nitrogen and oxygen atoms in total. The molecular weight excluding hydrogens is 462 g/mol. The molecule has 1 aromatic rings. The van der Waals surface area contributed by atoms with Crippen LogP contribution in [0.5, 0.6) is 0 Å². The largest absolute Gasteiger partial charge is 0.252 e. The zero-order valence-electron chi connectivity index (χ0n) is 26.7. The van der Waals surface area contributed by atoms with Gasteiger partial charge in [0.1, 0.15) is 0 Å². The second-order valence-electron chi connectivity index (χ2n) is 12.5. The summed E-state index contributed by atoms with van der Waals surface area (Å²) in [6.07, 6.45) is 38.3. The highest BCUT2D eigenvalue weighted by Gasteiger charge is 2.13. The van der Waals surface area contributed by atoms with Crippen LogP contribution < -0.4 is 0 Å². The molecule has 0 radical (unpaired) electrons. The smallest absolute Gasteiger partial charge is 0.0829 e. The lowest BCUT2D eigenvalue weighted by molar-refractivity contribution is 0.363. The number of aromatic nitrogens is 3. The van der Waals surface area contributed by atoms with E-state index in [1.165, 1.54) is 166 Å². The predicted molar refractivity (Wildman–Crippen MR) is 169 cm³/mol. The van der Waals surface area contributed by atoms with Crippen LogP contribution in [0.1, 0.15) is 194 Å². The molecule has 3 heteroatoms. The molecule has 0 aliphatic heterocycles. The van der Waals surface area contributed by atoms with Gasteiger partial charge in [-0.25, -0.2) is 0 Å². The van der Waals surface area contributed by atoms with Crippen LogP contribution in [0.25, 0.3) is 0 Å². The van der Waals surface area contributed by atoms with E-state index in [9.17, 15) is 0 Å². The molecule has 0 aliphatic rings. The molecule has 1 heterocycles. The summed E-state index contributed by atoms with van der Waals surface area (Å²) in [5.74, 6) is 1.75. The van der Waals surface area contributed by atoms with Gasteiger partial charge in [-0.3, -0.25) is 4.68 Å². The van der Waals surface area contributed by atoms with E-state index in [1.807, 2.05) is 0 Å². The molecule has 0 spiro atoms. The average Bonchev–Trinajstić information content (AvgIpc) is 3.37. The van der Waals surface area contributed by atoms with Crippen molar-refractivity contribution >= 4 is 0 Å². The molecule has 0 saturated carbocycles. The molecule has 0 aliphatic carbocycles. The Kier molecular flexibility index (Phi) is 24.4. The summed E-state index contributed by atoms with van der Waals surface area (Å²) in [6, 6.07) is 0. The maximum absolute atomic E-state index is 4.61. The fourth-order valence-corrected chi connectivity index (χ4v) is 6.12. The van der Waals surface area contributed by atoms with Gasteiger partial charge in [-0.05, 0) is 24.7 Å². The van der Waals surface area contributed by atoms with Crippen LogP contribution >= 0.6 is 0 Å². The molecule has 2 atom stereocenters. The third kappa shape index (κ3) is 20.1. The monoisotopic (exact) mass is 532 g/mol. The van der Waals surface area contributed by atoms with E-state index in [4.69, 9.17) is 0 Å². The van der Waals surface area contributed by atoms with Gasteiger partial charge in [0.05, 0.1) is 5.69 Å². The molecule has 0 bridgehead atoms. The van der Waals surface area contributed by atoms with Crippen molar-refractivity contribution in [3.63, 3.8) is 0 Å². The summed E-state index contributed by atoms with van der Waals surface area (Å²) in [7, 11) is 0. The summed E-state index contributed by atoms with van der Waals surface area (Å²) < 4.78 is 2.14. The van der Waals surface area contributed by atoms with Gasteiger partial charge in [-0.2, -0.15) is 0 Å². The lowest BCUT2D eigenvalue weighted by Gasteiger charge is -2.17.